The quantitative estimate of drug-likeness (QED) is 0.746. The van der Waals surface area contributed by atoms with Crippen molar-refractivity contribution in [3.8, 4) is 11.5 Å². The fraction of sp³-hybridized carbons (Fsp3) is 0.588. The molecule has 0 bridgehead atoms. The van der Waals surface area contributed by atoms with Gasteiger partial charge in [-0.3, -0.25) is 0 Å². The highest BCUT2D eigenvalue weighted by Crippen LogP contribution is 2.29. The first kappa shape index (κ1) is 18.1. The van der Waals surface area contributed by atoms with E-state index < -0.39 is 0 Å². The zero-order chi connectivity index (χ0) is 16.4. The van der Waals surface area contributed by atoms with Gasteiger partial charge in [-0.2, -0.15) is 0 Å². The van der Waals surface area contributed by atoms with E-state index in [9.17, 15) is 4.79 Å². The van der Waals surface area contributed by atoms with Crippen LogP contribution >= 0.6 is 0 Å². The van der Waals surface area contributed by atoms with Crippen LogP contribution in [0.2, 0.25) is 0 Å². The first-order chi connectivity index (χ1) is 10.7. The smallest absolute Gasteiger partial charge is 0.321 e. The molecule has 0 heterocycles. The van der Waals surface area contributed by atoms with E-state index in [1.807, 2.05) is 11.0 Å². The van der Waals surface area contributed by atoms with Crippen molar-refractivity contribution in [2.45, 2.75) is 39.5 Å². The molecule has 2 amide bonds. The summed E-state index contributed by atoms with van der Waals surface area (Å²) >= 11 is 0. The maximum atomic E-state index is 12.4. The van der Waals surface area contributed by atoms with Crippen LogP contribution in [0.5, 0.6) is 11.5 Å². The van der Waals surface area contributed by atoms with Crippen LogP contribution in [0.15, 0.2) is 18.2 Å². The summed E-state index contributed by atoms with van der Waals surface area (Å²) in [5.41, 5.74) is 0.709. The van der Waals surface area contributed by atoms with E-state index in [0.29, 0.717) is 17.2 Å². The normalized spacial score (nSPS) is 10.2. The van der Waals surface area contributed by atoms with Crippen LogP contribution in [-0.4, -0.2) is 38.2 Å². The number of hydrogen-bond donors (Lipinski definition) is 1. The van der Waals surface area contributed by atoms with Gasteiger partial charge in [0.2, 0.25) is 0 Å². The van der Waals surface area contributed by atoms with E-state index in [-0.39, 0.29) is 6.03 Å². The molecule has 0 fully saturated rings. The average Bonchev–Trinajstić information content (AvgIpc) is 2.54. The molecule has 1 aromatic rings. The van der Waals surface area contributed by atoms with Gasteiger partial charge >= 0.3 is 6.03 Å². The summed E-state index contributed by atoms with van der Waals surface area (Å²) in [6.07, 6.45) is 4.19. The van der Waals surface area contributed by atoms with Gasteiger partial charge in [0.05, 0.1) is 14.2 Å². The third-order valence-electron chi connectivity index (χ3n) is 3.49. The number of amides is 2. The highest BCUT2D eigenvalue weighted by atomic mass is 16.5. The maximum absolute atomic E-state index is 12.4. The third-order valence-corrected chi connectivity index (χ3v) is 3.49. The Morgan fingerprint density at radius 1 is 1.05 bits per heavy atom. The predicted octanol–water partition coefficient (Wildman–Crippen LogP) is 4.14. The van der Waals surface area contributed by atoms with Crippen molar-refractivity contribution in [2.75, 3.05) is 32.6 Å². The lowest BCUT2D eigenvalue weighted by atomic mass is 10.2. The molecule has 0 unspecified atom stereocenters. The Morgan fingerprint density at radius 2 is 1.64 bits per heavy atom. The second-order valence-corrected chi connectivity index (χ2v) is 5.19. The summed E-state index contributed by atoms with van der Waals surface area (Å²) in [4.78, 5) is 14.3. The summed E-state index contributed by atoms with van der Waals surface area (Å²) in [7, 11) is 3.17. The summed E-state index contributed by atoms with van der Waals surface area (Å²) in [6, 6.07) is 5.32. The number of anilines is 1. The van der Waals surface area contributed by atoms with E-state index in [1.54, 1.807) is 26.4 Å². The standard InChI is InChI=1S/C17H28N2O3/c1-5-7-11-19(12-8-6-2)17(20)18-14-9-10-15(21-3)16(13-14)22-4/h9-10,13H,5-8,11-12H2,1-4H3,(H,18,20). The molecule has 0 saturated carbocycles. The van der Waals surface area contributed by atoms with Gasteiger partial charge in [-0.25, -0.2) is 4.79 Å². The lowest BCUT2D eigenvalue weighted by Gasteiger charge is -2.23. The summed E-state index contributed by atoms with van der Waals surface area (Å²) in [5.74, 6) is 1.25. The van der Waals surface area contributed by atoms with Crippen molar-refractivity contribution in [3.63, 3.8) is 0 Å². The first-order valence-electron chi connectivity index (χ1n) is 7.94. The number of ether oxygens (including phenoxy) is 2. The summed E-state index contributed by atoms with van der Waals surface area (Å²) in [6.45, 7) is 5.83. The van der Waals surface area contributed by atoms with Crippen molar-refractivity contribution < 1.29 is 14.3 Å². The largest absolute Gasteiger partial charge is 0.493 e. The molecule has 124 valence electrons. The number of nitrogens with one attached hydrogen (secondary N) is 1. The fourth-order valence-corrected chi connectivity index (χ4v) is 2.13. The molecule has 0 aromatic heterocycles. The molecule has 0 aliphatic rings. The Balaban J connectivity index is 2.74. The fourth-order valence-electron chi connectivity index (χ4n) is 2.13. The lowest BCUT2D eigenvalue weighted by molar-refractivity contribution is 0.210. The van der Waals surface area contributed by atoms with Crippen LogP contribution in [-0.2, 0) is 0 Å². The number of carbonyl (C=O) groups is 1. The van der Waals surface area contributed by atoms with Crippen molar-refractivity contribution in [1.82, 2.24) is 4.90 Å². The number of methoxy groups -OCH3 is 2. The highest BCUT2D eigenvalue weighted by Gasteiger charge is 2.13. The van der Waals surface area contributed by atoms with Crippen molar-refractivity contribution in [2.24, 2.45) is 0 Å². The minimum atomic E-state index is -0.0610. The zero-order valence-corrected chi connectivity index (χ0v) is 14.1. The molecule has 0 atom stereocenters. The molecule has 5 nitrogen and oxygen atoms in total. The SMILES string of the molecule is CCCCN(CCCC)C(=O)Nc1ccc(OC)c(OC)c1. The Bertz CT molecular complexity index is 455. The van der Waals surface area contributed by atoms with Gasteiger partial charge < -0.3 is 19.7 Å². The van der Waals surface area contributed by atoms with E-state index in [1.165, 1.54) is 0 Å². The van der Waals surface area contributed by atoms with Crippen molar-refractivity contribution >= 4 is 11.7 Å². The van der Waals surface area contributed by atoms with Gasteiger partial charge in [0.15, 0.2) is 11.5 Å². The zero-order valence-electron chi connectivity index (χ0n) is 14.1. The number of unbranched alkanes of at least 4 members (excludes halogenated alkanes) is 2. The number of nitrogens with zero attached hydrogens (tertiary/aromatic N) is 1. The highest BCUT2D eigenvalue weighted by molar-refractivity contribution is 5.89. The predicted molar refractivity (Wildman–Crippen MR) is 90.0 cm³/mol. The van der Waals surface area contributed by atoms with Crippen LogP contribution in [0, 0.1) is 0 Å². The molecule has 0 saturated heterocycles. The van der Waals surface area contributed by atoms with Gasteiger partial charge in [-0.15, -0.1) is 0 Å². The minimum Gasteiger partial charge on any atom is -0.493 e. The Hall–Kier alpha value is -1.91. The van der Waals surface area contributed by atoms with Crippen LogP contribution in [0.25, 0.3) is 0 Å². The summed E-state index contributed by atoms with van der Waals surface area (Å²) in [5, 5.41) is 2.94. The maximum Gasteiger partial charge on any atom is 0.321 e. The molecule has 0 spiro atoms. The number of hydrogen-bond acceptors (Lipinski definition) is 3. The summed E-state index contributed by atoms with van der Waals surface area (Å²) < 4.78 is 10.5. The second kappa shape index (κ2) is 9.92. The number of carbonyl (C=O) groups excluding carboxylic acids is 1. The van der Waals surface area contributed by atoms with Crippen LogP contribution < -0.4 is 14.8 Å². The van der Waals surface area contributed by atoms with Crippen LogP contribution in [0.4, 0.5) is 10.5 Å². The Labute approximate surface area is 133 Å². The van der Waals surface area contributed by atoms with E-state index in [2.05, 4.69) is 19.2 Å². The minimum absolute atomic E-state index is 0.0610. The monoisotopic (exact) mass is 308 g/mol. The number of rotatable bonds is 9. The van der Waals surface area contributed by atoms with Crippen LogP contribution in [0.1, 0.15) is 39.5 Å². The number of benzene rings is 1. The van der Waals surface area contributed by atoms with Crippen molar-refractivity contribution in [1.29, 1.82) is 0 Å². The number of urea groups is 1. The van der Waals surface area contributed by atoms with Crippen LogP contribution in [0.3, 0.4) is 0 Å². The van der Waals surface area contributed by atoms with Gasteiger partial charge in [0.25, 0.3) is 0 Å². The molecule has 0 aliphatic heterocycles. The third kappa shape index (κ3) is 5.47. The van der Waals surface area contributed by atoms with Gasteiger partial charge in [-0.1, -0.05) is 26.7 Å². The average molecular weight is 308 g/mol. The molecule has 0 radical (unpaired) electrons. The molecular formula is C17H28N2O3. The molecule has 1 rings (SSSR count). The van der Waals surface area contributed by atoms with E-state index in [0.717, 1.165) is 38.8 Å². The molecule has 0 aliphatic carbocycles. The molecule has 1 aromatic carbocycles. The lowest BCUT2D eigenvalue weighted by Crippen LogP contribution is -2.36. The molecule has 22 heavy (non-hydrogen) atoms. The van der Waals surface area contributed by atoms with E-state index in [4.69, 9.17) is 9.47 Å². The van der Waals surface area contributed by atoms with E-state index >= 15 is 0 Å². The van der Waals surface area contributed by atoms with Gasteiger partial charge in [-0.05, 0) is 25.0 Å². The topological polar surface area (TPSA) is 50.8 Å². The Morgan fingerprint density at radius 3 is 2.14 bits per heavy atom. The van der Waals surface area contributed by atoms with Crippen molar-refractivity contribution in [3.05, 3.63) is 18.2 Å². The second-order valence-electron chi connectivity index (χ2n) is 5.19. The Kier molecular flexibility index (Phi) is 8.18. The van der Waals surface area contributed by atoms with Gasteiger partial charge in [0.1, 0.15) is 0 Å². The molecular weight excluding hydrogens is 280 g/mol. The van der Waals surface area contributed by atoms with Gasteiger partial charge in [0, 0.05) is 24.8 Å². The molecule has 5 heteroatoms. The molecule has 1 N–H and O–H groups in total. The first-order valence-corrected chi connectivity index (χ1v) is 7.94.